The smallest absolute Gasteiger partial charge is 0.256 e. The van der Waals surface area contributed by atoms with Crippen LogP contribution in [0.4, 0.5) is 0 Å². The fourth-order valence-corrected chi connectivity index (χ4v) is 2.51. The Morgan fingerprint density at radius 2 is 1.95 bits per heavy atom. The number of halogens is 2. The Kier molecular flexibility index (Phi) is 4.88. The Balaban J connectivity index is 2.04. The first-order valence-corrected chi connectivity index (χ1v) is 6.99. The summed E-state index contributed by atoms with van der Waals surface area (Å²) in [4.78, 5) is 12.0. The van der Waals surface area contributed by atoms with E-state index >= 15 is 0 Å². The first kappa shape index (κ1) is 15.8. The van der Waals surface area contributed by atoms with Crippen LogP contribution in [0, 0.1) is 13.8 Å². The van der Waals surface area contributed by atoms with Gasteiger partial charge in [-0.05, 0) is 37.6 Å². The molecule has 5 nitrogen and oxygen atoms in total. The maximum atomic E-state index is 12.0. The molecule has 2 N–H and O–H groups in total. The van der Waals surface area contributed by atoms with Crippen molar-refractivity contribution in [3.05, 3.63) is 50.8 Å². The van der Waals surface area contributed by atoms with Crippen molar-refractivity contribution in [1.29, 1.82) is 0 Å². The zero-order valence-electron chi connectivity index (χ0n) is 11.5. The summed E-state index contributed by atoms with van der Waals surface area (Å²) in [6.07, 6.45) is -0.911. The predicted octanol–water partition coefficient (Wildman–Crippen LogP) is 3.06. The van der Waals surface area contributed by atoms with E-state index in [1.807, 2.05) is 0 Å². The second-order valence-corrected chi connectivity index (χ2v) is 5.50. The molecule has 0 saturated heterocycles. The predicted molar refractivity (Wildman–Crippen MR) is 79.7 cm³/mol. The van der Waals surface area contributed by atoms with Crippen LogP contribution in [-0.4, -0.2) is 22.7 Å². The molecule has 21 heavy (non-hydrogen) atoms. The van der Waals surface area contributed by atoms with E-state index in [-0.39, 0.29) is 12.5 Å². The fourth-order valence-electron chi connectivity index (χ4n) is 1.97. The van der Waals surface area contributed by atoms with Crippen molar-refractivity contribution in [2.45, 2.75) is 20.0 Å². The van der Waals surface area contributed by atoms with Gasteiger partial charge in [0.1, 0.15) is 11.3 Å². The van der Waals surface area contributed by atoms with E-state index in [0.29, 0.717) is 32.6 Å². The van der Waals surface area contributed by atoms with Gasteiger partial charge < -0.3 is 14.9 Å². The Bertz CT molecular complexity index is 630. The van der Waals surface area contributed by atoms with Crippen LogP contribution in [0.3, 0.4) is 0 Å². The van der Waals surface area contributed by atoms with Crippen molar-refractivity contribution >= 4 is 29.1 Å². The van der Waals surface area contributed by atoms with Crippen LogP contribution in [0.5, 0.6) is 0 Å². The number of hydrogen-bond donors (Lipinski definition) is 2. The fraction of sp³-hybridized carbons (Fsp3) is 0.286. The van der Waals surface area contributed by atoms with Gasteiger partial charge in [-0.25, -0.2) is 0 Å². The van der Waals surface area contributed by atoms with Crippen molar-refractivity contribution in [2.75, 3.05) is 6.54 Å². The highest BCUT2D eigenvalue weighted by Crippen LogP contribution is 2.23. The van der Waals surface area contributed by atoms with Crippen LogP contribution < -0.4 is 5.32 Å². The molecule has 112 valence electrons. The van der Waals surface area contributed by atoms with Crippen LogP contribution in [0.15, 0.2) is 22.7 Å². The van der Waals surface area contributed by atoms with Crippen molar-refractivity contribution in [3.63, 3.8) is 0 Å². The summed E-state index contributed by atoms with van der Waals surface area (Å²) in [6.45, 7) is 3.36. The van der Waals surface area contributed by atoms with E-state index in [1.54, 1.807) is 32.0 Å². The summed E-state index contributed by atoms with van der Waals surface area (Å²) < 4.78 is 4.93. The van der Waals surface area contributed by atoms with Gasteiger partial charge in [0.25, 0.3) is 5.91 Å². The zero-order chi connectivity index (χ0) is 15.6. The number of amides is 1. The van der Waals surface area contributed by atoms with E-state index in [9.17, 15) is 9.90 Å². The van der Waals surface area contributed by atoms with Gasteiger partial charge in [0.05, 0.1) is 11.8 Å². The van der Waals surface area contributed by atoms with E-state index < -0.39 is 6.10 Å². The van der Waals surface area contributed by atoms with Gasteiger partial charge in [0.2, 0.25) is 0 Å². The Labute approximate surface area is 131 Å². The van der Waals surface area contributed by atoms with E-state index in [1.165, 1.54) is 0 Å². The van der Waals surface area contributed by atoms with Crippen molar-refractivity contribution < 1.29 is 14.4 Å². The maximum Gasteiger partial charge on any atom is 0.256 e. The van der Waals surface area contributed by atoms with E-state index in [4.69, 9.17) is 27.7 Å². The lowest BCUT2D eigenvalue weighted by Gasteiger charge is -2.13. The number of nitrogens with one attached hydrogen (secondary N) is 1. The Morgan fingerprint density at radius 3 is 2.48 bits per heavy atom. The van der Waals surface area contributed by atoms with Crippen LogP contribution >= 0.6 is 23.2 Å². The van der Waals surface area contributed by atoms with Gasteiger partial charge in [-0.2, -0.15) is 0 Å². The highest BCUT2D eigenvalue weighted by Gasteiger charge is 2.18. The van der Waals surface area contributed by atoms with Crippen LogP contribution in [0.25, 0.3) is 0 Å². The van der Waals surface area contributed by atoms with Gasteiger partial charge >= 0.3 is 0 Å². The summed E-state index contributed by atoms with van der Waals surface area (Å²) >= 11 is 11.8. The lowest BCUT2D eigenvalue weighted by molar-refractivity contribution is 0.0914. The number of aliphatic hydroxyl groups excluding tert-OH is 1. The van der Waals surface area contributed by atoms with Crippen molar-refractivity contribution in [3.8, 4) is 0 Å². The summed E-state index contributed by atoms with van der Waals surface area (Å²) in [5, 5.41) is 17.3. The molecule has 2 rings (SSSR count). The summed E-state index contributed by atoms with van der Waals surface area (Å²) in [5.74, 6) is 0.0868. The van der Waals surface area contributed by atoms with Gasteiger partial charge in [0, 0.05) is 16.6 Å². The van der Waals surface area contributed by atoms with Gasteiger partial charge in [0.15, 0.2) is 0 Å². The molecule has 0 saturated carbocycles. The lowest BCUT2D eigenvalue weighted by Crippen LogP contribution is -2.29. The Hall–Kier alpha value is -1.56. The minimum Gasteiger partial charge on any atom is -0.387 e. The summed E-state index contributed by atoms with van der Waals surface area (Å²) in [5.41, 5.74) is 1.42. The third-order valence-electron chi connectivity index (χ3n) is 2.99. The maximum absolute atomic E-state index is 12.0. The number of aryl methyl sites for hydroxylation is 2. The van der Waals surface area contributed by atoms with Crippen molar-refractivity contribution in [1.82, 2.24) is 10.5 Å². The number of hydrogen-bond acceptors (Lipinski definition) is 4. The molecule has 0 fully saturated rings. The molecule has 1 atom stereocenters. The molecule has 0 bridgehead atoms. The highest BCUT2D eigenvalue weighted by molar-refractivity contribution is 6.34. The minimum absolute atomic E-state index is 0.0273. The number of carbonyl (C=O) groups is 1. The van der Waals surface area contributed by atoms with E-state index in [2.05, 4.69) is 10.5 Å². The first-order chi connectivity index (χ1) is 9.88. The molecule has 0 aliphatic carbocycles. The third-order valence-corrected chi connectivity index (χ3v) is 3.42. The summed E-state index contributed by atoms with van der Waals surface area (Å²) in [6, 6.07) is 4.77. The zero-order valence-corrected chi connectivity index (χ0v) is 13.0. The monoisotopic (exact) mass is 328 g/mol. The largest absolute Gasteiger partial charge is 0.387 e. The molecule has 1 aromatic heterocycles. The number of benzene rings is 1. The molecule has 1 amide bonds. The lowest BCUT2D eigenvalue weighted by atomic mass is 10.1. The first-order valence-electron chi connectivity index (χ1n) is 6.23. The molecule has 1 heterocycles. The molecular weight excluding hydrogens is 315 g/mol. The van der Waals surface area contributed by atoms with Gasteiger partial charge in [-0.3, -0.25) is 4.79 Å². The molecule has 1 unspecified atom stereocenters. The quantitative estimate of drug-likeness (QED) is 0.904. The second kappa shape index (κ2) is 6.47. The molecule has 0 aliphatic rings. The molecule has 0 aliphatic heterocycles. The molecule has 1 aromatic carbocycles. The normalized spacial score (nSPS) is 12.2. The topological polar surface area (TPSA) is 75.4 Å². The molecule has 7 heteroatoms. The molecule has 0 radical (unpaired) electrons. The minimum atomic E-state index is -0.911. The standard InChI is InChI=1S/C14H14Cl2N2O3/c1-7-13(8(2)21-18-7)14(20)17-6-12(19)9-3-10(15)5-11(16)4-9/h3-5,12,19H,6H2,1-2H3,(H,17,20). The number of aromatic nitrogens is 1. The number of nitrogens with zero attached hydrogens (tertiary/aromatic N) is 1. The number of carbonyl (C=O) groups excluding carboxylic acids is 1. The average Bonchev–Trinajstić information content (AvgIpc) is 2.74. The molecule has 0 spiro atoms. The molecule has 2 aromatic rings. The average molecular weight is 329 g/mol. The second-order valence-electron chi connectivity index (χ2n) is 4.63. The van der Waals surface area contributed by atoms with Gasteiger partial charge in [-0.15, -0.1) is 0 Å². The molecular formula is C14H14Cl2N2O3. The van der Waals surface area contributed by atoms with Crippen LogP contribution in [-0.2, 0) is 0 Å². The van der Waals surface area contributed by atoms with Crippen LogP contribution in [0.1, 0.15) is 33.5 Å². The van der Waals surface area contributed by atoms with E-state index in [0.717, 1.165) is 0 Å². The SMILES string of the molecule is Cc1noc(C)c1C(=O)NCC(O)c1cc(Cl)cc(Cl)c1. The highest BCUT2D eigenvalue weighted by atomic mass is 35.5. The Morgan fingerprint density at radius 1 is 1.33 bits per heavy atom. The summed E-state index contributed by atoms with van der Waals surface area (Å²) in [7, 11) is 0. The number of aliphatic hydroxyl groups is 1. The number of rotatable bonds is 4. The van der Waals surface area contributed by atoms with Crippen molar-refractivity contribution in [2.24, 2.45) is 0 Å². The van der Waals surface area contributed by atoms with Gasteiger partial charge in [-0.1, -0.05) is 28.4 Å². The van der Waals surface area contributed by atoms with Crippen LogP contribution in [0.2, 0.25) is 10.0 Å². The third kappa shape index (κ3) is 3.75.